The Kier molecular flexibility index (Phi) is 8.44. The number of nitrogens with one attached hydrogen (secondary N) is 1. The summed E-state index contributed by atoms with van der Waals surface area (Å²) in [6, 6.07) is 11.0. The molecule has 0 aliphatic carbocycles. The van der Waals surface area contributed by atoms with E-state index in [1.165, 1.54) is 22.8 Å². The van der Waals surface area contributed by atoms with Crippen LogP contribution in [0.2, 0.25) is 0 Å². The second-order valence-electron chi connectivity index (χ2n) is 6.65. The largest absolute Gasteiger partial charge is 0.486 e. The van der Waals surface area contributed by atoms with Crippen LogP contribution >= 0.6 is 15.9 Å². The maximum absolute atomic E-state index is 12.1. The zero-order valence-electron chi connectivity index (χ0n) is 16.2. The molecule has 2 rings (SSSR count). The maximum atomic E-state index is 12.1. The highest BCUT2D eigenvalue weighted by molar-refractivity contribution is 9.09. The highest BCUT2D eigenvalue weighted by Crippen LogP contribution is 2.28. The zero-order chi connectivity index (χ0) is 20.5. The van der Waals surface area contributed by atoms with Gasteiger partial charge in [-0.2, -0.15) is 0 Å². The first-order valence-electron chi connectivity index (χ1n) is 9.19. The molecule has 0 aliphatic rings. The van der Waals surface area contributed by atoms with Gasteiger partial charge in [0.2, 0.25) is 5.91 Å². The maximum Gasteiger partial charge on any atom is 0.311 e. The summed E-state index contributed by atoms with van der Waals surface area (Å²) in [5, 5.41) is 14.7. The average molecular weight is 449 g/mol. The number of aryl methyl sites for hydroxylation is 3. The Morgan fingerprint density at radius 2 is 1.89 bits per heavy atom. The number of hydrogen-bond acceptors (Lipinski definition) is 4. The number of benzene rings is 2. The van der Waals surface area contributed by atoms with Gasteiger partial charge in [-0.05, 0) is 55.0 Å². The number of alkyl halides is 1. The summed E-state index contributed by atoms with van der Waals surface area (Å²) in [6.07, 6.45) is 1.84. The van der Waals surface area contributed by atoms with Crippen molar-refractivity contribution in [1.82, 2.24) is 5.32 Å². The Morgan fingerprint density at radius 3 is 2.57 bits per heavy atom. The van der Waals surface area contributed by atoms with Gasteiger partial charge in [0.15, 0.2) is 5.75 Å². The van der Waals surface area contributed by atoms with Crippen molar-refractivity contribution in [3.63, 3.8) is 0 Å². The molecule has 1 amide bonds. The topological polar surface area (TPSA) is 81.5 Å². The molecule has 0 saturated carbocycles. The lowest BCUT2D eigenvalue weighted by atomic mass is 10.0. The first-order chi connectivity index (χ1) is 13.4. The number of rotatable bonds is 10. The van der Waals surface area contributed by atoms with Crippen molar-refractivity contribution in [2.24, 2.45) is 0 Å². The summed E-state index contributed by atoms with van der Waals surface area (Å²) >= 11 is 3.22. The molecular weight excluding hydrogens is 424 g/mol. The van der Waals surface area contributed by atoms with Crippen molar-refractivity contribution in [3.05, 3.63) is 68.8 Å². The van der Waals surface area contributed by atoms with Crippen LogP contribution in [0.15, 0.2) is 36.4 Å². The quantitative estimate of drug-likeness (QED) is 0.254. The number of nitrogens with zero attached hydrogens (tertiary/aromatic N) is 1. The van der Waals surface area contributed by atoms with Gasteiger partial charge in [0.1, 0.15) is 0 Å². The van der Waals surface area contributed by atoms with E-state index in [-0.39, 0.29) is 23.8 Å². The highest BCUT2D eigenvalue weighted by Gasteiger charge is 2.17. The molecule has 2 aromatic carbocycles. The van der Waals surface area contributed by atoms with Crippen molar-refractivity contribution >= 4 is 27.5 Å². The van der Waals surface area contributed by atoms with Gasteiger partial charge in [0.25, 0.3) is 0 Å². The summed E-state index contributed by atoms with van der Waals surface area (Å²) in [5.74, 6) is 0.0607. The van der Waals surface area contributed by atoms with Crippen LogP contribution in [-0.4, -0.2) is 29.3 Å². The third-order valence-electron chi connectivity index (χ3n) is 4.46. The van der Waals surface area contributed by atoms with E-state index in [2.05, 4.69) is 53.3 Å². The molecule has 0 aliphatic heterocycles. The van der Waals surface area contributed by atoms with Crippen LogP contribution in [-0.2, 0) is 17.6 Å². The van der Waals surface area contributed by atoms with Crippen LogP contribution < -0.4 is 10.1 Å². The van der Waals surface area contributed by atoms with E-state index in [0.29, 0.717) is 24.0 Å². The number of carbonyl (C=O) groups excluding carboxylic acids is 1. The molecule has 0 fully saturated rings. The molecule has 0 spiro atoms. The second kappa shape index (κ2) is 10.8. The highest BCUT2D eigenvalue weighted by atomic mass is 79.9. The smallest absolute Gasteiger partial charge is 0.311 e. The first-order valence-corrected chi connectivity index (χ1v) is 10.3. The van der Waals surface area contributed by atoms with Crippen LogP contribution in [0.25, 0.3) is 0 Å². The Bertz CT molecular complexity index is 839. The Morgan fingerprint density at radius 1 is 1.14 bits per heavy atom. The van der Waals surface area contributed by atoms with Gasteiger partial charge in [-0.15, -0.1) is 0 Å². The number of nitro groups is 1. The number of hydrogen-bond donors (Lipinski definition) is 1. The molecular formula is C21H25BrN2O4. The molecule has 0 saturated heterocycles. The fourth-order valence-corrected chi connectivity index (χ4v) is 2.98. The normalized spacial score (nSPS) is 10.5. The number of amides is 1. The monoisotopic (exact) mass is 448 g/mol. The van der Waals surface area contributed by atoms with Crippen molar-refractivity contribution in [1.29, 1.82) is 0 Å². The van der Waals surface area contributed by atoms with Crippen molar-refractivity contribution in [2.45, 2.75) is 33.1 Å². The van der Waals surface area contributed by atoms with E-state index in [1.807, 2.05) is 0 Å². The van der Waals surface area contributed by atoms with Crippen LogP contribution in [0.3, 0.4) is 0 Å². The molecule has 0 unspecified atom stereocenters. The lowest BCUT2D eigenvalue weighted by molar-refractivity contribution is -0.385. The van der Waals surface area contributed by atoms with Gasteiger partial charge in [0, 0.05) is 17.9 Å². The Hall–Kier alpha value is -2.41. The van der Waals surface area contributed by atoms with E-state index in [0.717, 1.165) is 12.8 Å². The minimum absolute atomic E-state index is 0.100. The fourth-order valence-electron chi connectivity index (χ4n) is 2.81. The van der Waals surface area contributed by atoms with Crippen LogP contribution in [0.1, 0.15) is 28.7 Å². The molecule has 2 aromatic rings. The molecule has 0 heterocycles. The van der Waals surface area contributed by atoms with Crippen LogP contribution in [0.5, 0.6) is 5.75 Å². The number of halogens is 1. The lowest BCUT2D eigenvalue weighted by Gasteiger charge is -2.09. The molecule has 150 valence electrons. The predicted molar refractivity (Wildman–Crippen MR) is 113 cm³/mol. The summed E-state index contributed by atoms with van der Waals surface area (Å²) < 4.78 is 5.36. The summed E-state index contributed by atoms with van der Waals surface area (Å²) in [7, 11) is 0. The second-order valence-corrected chi connectivity index (χ2v) is 7.44. The van der Waals surface area contributed by atoms with Crippen LogP contribution in [0, 0.1) is 24.0 Å². The van der Waals surface area contributed by atoms with Gasteiger partial charge < -0.3 is 10.1 Å². The zero-order valence-corrected chi connectivity index (χ0v) is 17.8. The minimum atomic E-state index is -0.492. The van der Waals surface area contributed by atoms with E-state index < -0.39 is 4.92 Å². The summed E-state index contributed by atoms with van der Waals surface area (Å²) in [4.78, 5) is 22.9. The molecule has 0 radical (unpaired) electrons. The van der Waals surface area contributed by atoms with Gasteiger partial charge in [-0.3, -0.25) is 14.9 Å². The van der Waals surface area contributed by atoms with Gasteiger partial charge in [-0.25, -0.2) is 0 Å². The molecule has 6 nitrogen and oxygen atoms in total. The third-order valence-corrected chi connectivity index (χ3v) is 4.78. The average Bonchev–Trinajstić information content (AvgIpc) is 2.66. The molecule has 0 aromatic heterocycles. The van der Waals surface area contributed by atoms with Gasteiger partial charge >= 0.3 is 5.69 Å². The Labute approximate surface area is 173 Å². The standard InChI is InChI=1S/C21H25BrN2O4/c1-15-5-6-17(12-16(15)2)4-3-10-23-21(25)14-18-7-8-20(28-11-9-22)19(13-18)24(26)27/h5-8,12-13H,3-4,9-11,14H2,1-2H3,(H,23,25). The van der Waals surface area contributed by atoms with Gasteiger partial charge in [-0.1, -0.05) is 40.2 Å². The van der Waals surface area contributed by atoms with E-state index >= 15 is 0 Å². The lowest BCUT2D eigenvalue weighted by Crippen LogP contribution is -2.26. The van der Waals surface area contributed by atoms with Crippen LogP contribution in [0.4, 0.5) is 5.69 Å². The number of carbonyl (C=O) groups is 1. The van der Waals surface area contributed by atoms with Crippen molar-refractivity contribution in [3.8, 4) is 5.75 Å². The van der Waals surface area contributed by atoms with E-state index in [9.17, 15) is 14.9 Å². The fraction of sp³-hybridized carbons (Fsp3) is 0.381. The number of ether oxygens (including phenoxy) is 1. The molecule has 28 heavy (non-hydrogen) atoms. The van der Waals surface area contributed by atoms with Crippen molar-refractivity contribution in [2.75, 3.05) is 18.5 Å². The van der Waals surface area contributed by atoms with E-state index in [1.54, 1.807) is 12.1 Å². The summed E-state index contributed by atoms with van der Waals surface area (Å²) in [6.45, 7) is 5.08. The van der Waals surface area contributed by atoms with Crippen molar-refractivity contribution < 1.29 is 14.5 Å². The molecule has 0 atom stereocenters. The molecule has 1 N–H and O–H groups in total. The minimum Gasteiger partial charge on any atom is -0.486 e. The predicted octanol–water partition coefficient (Wildman–Crippen LogP) is 4.28. The van der Waals surface area contributed by atoms with E-state index in [4.69, 9.17) is 4.74 Å². The number of nitro benzene ring substituents is 1. The summed E-state index contributed by atoms with van der Waals surface area (Å²) in [5.41, 5.74) is 4.26. The SMILES string of the molecule is Cc1ccc(CCCNC(=O)Cc2ccc(OCCBr)c([N+](=O)[O-])c2)cc1C. The molecule has 7 heteroatoms. The molecule has 0 bridgehead atoms. The Balaban J connectivity index is 1.84. The first kappa shape index (κ1) is 21.9. The van der Waals surface area contributed by atoms with Gasteiger partial charge in [0.05, 0.1) is 18.0 Å². The third kappa shape index (κ3) is 6.64.